The van der Waals surface area contributed by atoms with E-state index in [-0.39, 0.29) is 5.16 Å². The van der Waals surface area contributed by atoms with Crippen molar-refractivity contribution in [2.75, 3.05) is 0 Å². The summed E-state index contributed by atoms with van der Waals surface area (Å²) < 4.78 is 27.9. The van der Waals surface area contributed by atoms with Crippen LogP contribution < -0.4 is 0 Å². The van der Waals surface area contributed by atoms with Crippen molar-refractivity contribution in [2.24, 2.45) is 7.05 Å². The first kappa shape index (κ1) is 18.4. The Morgan fingerprint density at radius 1 is 1.04 bits per heavy atom. The van der Waals surface area contributed by atoms with Gasteiger partial charge in [-0.25, -0.2) is 13.4 Å². The van der Waals surface area contributed by atoms with Crippen molar-refractivity contribution < 1.29 is 13.5 Å². The molecular formula is C20H22N2O3S. The third-order valence-corrected chi connectivity index (χ3v) is 6.68. The number of hydrogen-bond donors (Lipinski definition) is 1. The number of benzene rings is 2. The number of nitrogens with zero attached hydrogens (tertiary/aromatic N) is 2. The smallest absolute Gasteiger partial charge is 0.227 e. The van der Waals surface area contributed by atoms with E-state index in [0.29, 0.717) is 18.4 Å². The van der Waals surface area contributed by atoms with Crippen molar-refractivity contribution in [2.45, 2.75) is 29.4 Å². The second-order valence-electron chi connectivity index (χ2n) is 6.28. The van der Waals surface area contributed by atoms with E-state index in [2.05, 4.69) is 4.98 Å². The van der Waals surface area contributed by atoms with Gasteiger partial charge < -0.3 is 9.67 Å². The molecule has 3 aromatic rings. The number of aryl methyl sites for hydroxylation is 2. The van der Waals surface area contributed by atoms with Gasteiger partial charge in [-0.2, -0.15) is 0 Å². The molecule has 0 amide bonds. The third kappa shape index (κ3) is 3.86. The maximum absolute atomic E-state index is 13.2. The fourth-order valence-corrected chi connectivity index (χ4v) is 4.93. The zero-order chi connectivity index (χ0) is 18.6. The van der Waals surface area contributed by atoms with Gasteiger partial charge in [0, 0.05) is 19.4 Å². The summed E-state index contributed by atoms with van der Waals surface area (Å²) in [4.78, 5) is 4.00. The summed E-state index contributed by atoms with van der Waals surface area (Å²) in [7, 11) is -2.16. The third-order valence-electron chi connectivity index (χ3n) is 4.48. The van der Waals surface area contributed by atoms with Gasteiger partial charge >= 0.3 is 0 Å². The van der Waals surface area contributed by atoms with Crippen LogP contribution in [0.1, 0.15) is 23.7 Å². The number of rotatable bonds is 7. The second-order valence-corrected chi connectivity index (χ2v) is 8.34. The summed E-state index contributed by atoms with van der Waals surface area (Å²) in [5.41, 5.74) is 1.62. The zero-order valence-electron chi connectivity index (χ0n) is 14.6. The van der Waals surface area contributed by atoms with Gasteiger partial charge in [0.05, 0.1) is 11.4 Å². The van der Waals surface area contributed by atoms with Crippen LogP contribution >= 0.6 is 0 Å². The molecule has 0 aliphatic heterocycles. The largest absolute Gasteiger partial charge is 0.387 e. The minimum atomic E-state index is -3.80. The van der Waals surface area contributed by atoms with Crippen LogP contribution in [0.25, 0.3) is 0 Å². The molecule has 5 nitrogen and oxygen atoms in total. The molecule has 0 fully saturated rings. The Balaban J connectivity index is 1.94. The maximum atomic E-state index is 13.2. The number of imidazole rings is 1. The molecule has 26 heavy (non-hydrogen) atoms. The molecule has 3 rings (SSSR count). The van der Waals surface area contributed by atoms with Gasteiger partial charge in [0.1, 0.15) is 0 Å². The first-order valence-electron chi connectivity index (χ1n) is 8.48. The molecule has 1 N–H and O–H groups in total. The van der Waals surface area contributed by atoms with E-state index in [1.165, 1.54) is 10.8 Å². The molecule has 2 atom stereocenters. The highest BCUT2D eigenvalue weighted by Crippen LogP contribution is 2.29. The molecule has 1 aromatic heterocycles. The molecule has 0 saturated heterocycles. The molecule has 6 heteroatoms. The van der Waals surface area contributed by atoms with Crippen LogP contribution in [-0.4, -0.2) is 28.3 Å². The van der Waals surface area contributed by atoms with Crippen molar-refractivity contribution in [3.05, 3.63) is 84.2 Å². The quantitative estimate of drug-likeness (QED) is 0.694. The molecule has 2 unspecified atom stereocenters. The number of hydrogen-bond acceptors (Lipinski definition) is 4. The molecule has 0 spiro atoms. The first-order chi connectivity index (χ1) is 12.5. The van der Waals surface area contributed by atoms with Gasteiger partial charge in [-0.05, 0) is 24.0 Å². The molecular weight excluding hydrogens is 348 g/mol. The lowest BCUT2D eigenvalue weighted by atomic mass is 10.0. The maximum Gasteiger partial charge on any atom is 0.227 e. The van der Waals surface area contributed by atoms with Crippen molar-refractivity contribution in [1.82, 2.24) is 9.55 Å². The van der Waals surface area contributed by atoms with Crippen LogP contribution in [-0.2, 0) is 23.3 Å². The van der Waals surface area contributed by atoms with Crippen molar-refractivity contribution in [1.29, 1.82) is 0 Å². The van der Waals surface area contributed by atoms with E-state index < -0.39 is 21.2 Å². The van der Waals surface area contributed by atoms with Crippen LogP contribution in [0.5, 0.6) is 0 Å². The minimum absolute atomic E-state index is 0.0226. The topological polar surface area (TPSA) is 72.2 Å². The van der Waals surface area contributed by atoms with Crippen LogP contribution in [0, 0.1) is 0 Å². The summed E-state index contributed by atoms with van der Waals surface area (Å²) in [6.45, 7) is 0. The SMILES string of the molecule is Cn1ccnc1S(=O)(=O)C(CCc1ccccc1)C(O)c1ccccc1. The standard InChI is InChI=1S/C20H22N2O3S/c1-22-15-14-21-20(22)26(24,25)18(13-12-16-8-4-2-5-9-16)19(23)17-10-6-3-7-11-17/h2-11,14-15,18-19,23H,12-13H2,1H3. The molecule has 0 aliphatic carbocycles. The Labute approximate surface area is 153 Å². The minimum Gasteiger partial charge on any atom is -0.387 e. The summed E-state index contributed by atoms with van der Waals surface area (Å²) in [6.07, 6.45) is 2.78. The second kappa shape index (κ2) is 7.85. The molecule has 0 radical (unpaired) electrons. The fourth-order valence-electron chi connectivity index (χ4n) is 3.06. The average Bonchev–Trinajstić information content (AvgIpc) is 3.10. The Morgan fingerprint density at radius 3 is 2.23 bits per heavy atom. The summed E-state index contributed by atoms with van der Waals surface area (Å²) in [5.74, 6) is 0. The highest BCUT2D eigenvalue weighted by Gasteiger charge is 2.36. The van der Waals surface area contributed by atoms with Crippen LogP contribution in [0.3, 0.4) is 0 Å². The first-order valence-corrected chi connectivity index (χ1v) is 10.0. The Hall–Kier alpha value is -2.44. The van der Waals surface area contributed by atoms with E-state index in [1.807, 2.05) is 36.4 Å². The monoisotopic (exact) mass is 370 g/mol. The number of aliphatic hydroxyl groups excluding tert-OH is 1. The lowest BCUT2D eigenvalue weighted by Gasteiger charge is -2.23. The van der Waals surface area contributed by atoms with E-state index in [1.54, 1.807) is 37.5 Å². The van der Waals surface area contributed by atoms with Crippen molar-refractivity contribution in [3.63, 3.8) is 0 Å². The van der Waals surface area contributed by atoms with E-state index in [0.717, 1.165) is 5.56 Å². The summed E-state index contributed by atoms with van der Waals surface area (Å²) >= 11 is 0. The van der Waals surface area contributed by atoms with Gasteiger partial charge in [-0.3, -0.25) is 0 Å². The molecule has 136 valence electrons. The van der Waals surface area contributed by atoms with Gasteiger partial charge in [-0.15, -0.1) is 0 Å². The lowest BCUT2D eigenvalue weighted by Crippen LogP contribution is -2.31. The van der Waals surface area contributed by atoms with E-state index in [4.69, 9.17) is 0 Å². The van der Waals surface area contributed by atoms with Gasteiger partial charge in [-0.1, -0.05) is 60.7 Å². The predicted octanol–water partition coefficient (Wildman–Crippen LogP) is 2.93. The molecule has 0 bridgehead atoms. The van der Waals surface area contributed by atoms with Crippen molar-refractivity contribution in [3.8, 4) is 0 Å². The Kier molecular flexibility index (Phi) is 5.54. The fraction of sp³-hybridized carbons (Fsp3) is 0.250. The zero-order valence-corrected chi connectivity index (χ0v) is 15.4. The average molecular weight is 370 g/mol. The Morgan fingerprint density at radius 2 is 1.65 bits per heavy atom. The molecule has 0 saturated carbocycles. The molecule has 0 aliphatic rings. The normalized spacial score (nSPS) is 14.1. The highest BCUT2D eigenvalue weighted by molar-refractivity contribution is 7.91. The van der Waals surface area contributed by atoms with Gasteiger partial charge in [0.15, 0.2) is 0 Å². The van der Waals surface area contributed by atoms with E-state index >= 15 is 0 Å². The molecule has 1 heterocycles. The molecule has 2 aromatic carbocycles. The predicted molar refractivity (Wildman–Crippen MR) is 100 cm³/mol. The van der Waals surface area contributed by atoms with Crippen LogP contribution in [0.2, 0.25) is 0 Å². The van der Waals surface area contributed by atoms with Gasteiger partial charge in [0.2, 0.25) is 15.0 Å². The van der Waals surface area contributed by atoms with Gasteiger partial charge in [0.25, 0.3) is 0 Å². The van der Waals surface area contributed by atoms with Crippen molar-refractivity contribution >= 4 is 9.84 Å². The summed E-state index contributed by atoms with van der Waals surface area (Å²) in [6, 6.07) is 18.6. The number of aromatic nitrogens is 2. The van der Waals surface area contributed by atoms with Crippen LogP contribution in [0.15, 0.2) is 78.2 Å². The van der Waals surface area contributed by atoms with Crippen LogP contribution in [0.4, 0.5) is 0 Å². The number of aliphatic hydroxyl groups is 1. The van der Waals surface area contributed by atoms with E-state index in [9.17, 15) is 13.5 Å². The highest BCUT2D eigenvalue weighted by atomic mass is 32.2. The number of sulfone groups is 1. The Bertz CT molecular complexity index is 937. The summed E-state index contributed by atoms with van der Waals surface area (Å²) in [5, 5.41) is 9.86. The lowest BCUT2D eigenvalue weighted by molar-refractivity contribution is 0.167.